The van der Waals surface area contributed by atoms with Crippen LogP contribution in [0, 0.1) is 0 Å². The van der Waals surface area contributed by atoms with Crippen molar-refractivity contribution in [1.29, 1.82) is 0 Å². The number of ether oxygens (including phenoxy) is 3. The van der Waals surface area contributed by atoms with Gasteiger partial charge in [-0.2, -0.15) is 0 Å². The fourth-order valence-electron chi connectivity index (χ4n) is 2.47. The van der Waals surface area contributed by atoms with E-state index in [0.717, 1.165) is 28.6 Å². The fraction of sp³-hybridized carbons (Fsp3) is 0.318. The molecule has 0 aliphatic carbocycles. The Balaban J connectivity index is 1.82. The molecule has 0 saturated heterocycles. The predicted octanol–water partition coefficient (Wildman–Crippen LogP) is 3.14. The van der Waals surface area contributed by atoms with Gasteiger partial charge in [-0.3, -0.25) is 4.99 Å². The highest BCUT2D eigenvalue weighted by atomic mass is 16.5. The second kappa shape index (κ2) is 12.4. The summed E-state index contributed by atoms with van der Waals surface area (Å²) in [6.07, 6.45) is 1.73. The maximum absolute atomic E-state index is 5.69. The molecule has 2 aromatic rings. The van der Waals surface area contributed by atoms with Crippen LogP contribution in [-0.2, 0) is 17.8 Å². The normalized spacial score (nSPS) is 11.0. The number of para-hydroxylation sites is 1. The van der Waals surface area contributed by atoms with E-state index in [4.69, 9.17) is 14.2 Å². The monoisotopic (exact) mass is 383 g/mol. The molecule has 2 aromatic carbocycles. The molecule has 28 heavy (non-hydrogen) atoms. The predicted molar refractivity (Wildman–Crippen MR) is 113 cm³/mol. The Bertz CT molecular complexity index is 745. The third kappa shape index (κ3) is 7.32. The van der Waals surface area contributed by atoms with Crippen LogP contribution in [-0.4, -0.2) is 39.9 Å². The SMILES string of the molecule is C=CCOc1ccccc1CNC(=NC)NCc1ccc(OCCOC)cc1. The van der Waals surface area contributed by atoms with Gasteiger partial charge in [0.2, 0.25) is 0 Å². The molecule has 0 aliphatic heterocycles. The Morgan fingerprint density at radius 2 is 1.75 bits per heavy atom. The highest BCUT2D eigenvalue weighted by Gasteiger charge is 2.04. The highest BCUT2D eigenvalue weighted by molar-refractivity contribution is 5.79. The maximum Gasteiger partial charge on any atom is 0.191 e. The first-order valence-electron chi connectivity index (χ1n) is 9.23. The Labute approximate surface area is 167 Å². The second-order valence-electron chi connectivity index (χ2n) is 5.97. The average molecular weight is 383 g/mol. The molecule has 150 valence electrons. The van der Waals surface area contributed by atoms with E-state index in [9.17, 15) is 0 Å². The van der Waals surface area contributed by atoms with E-state index in [1.807, 2.05) is 48.5 Å². The third-order valence-corrected chi connectivity index (χ3v) is 3.94. The lowest BCUT2D eigenvalue weighted by Crippen LogP contribution is -2.36. The van der Waals surface area contributed by atoms with Crippen LogP contribution in [0.5, 0.6) is 11.5 Å². The first kappa shape index (κ1) is 21.3. The van der Waals surface area contributed by atoms with Crippen molar-refractivity contribution in [1.82, 2.24) is 10.6 Å². The van der Waals surface area contributed by atoms with Crippen LogP contribution >= 0.6 is 0 Å². The van der Waals surface area contributed by atoms with E-state index in [0.29, 0.717) is 32.9 Å². The van der Waals surface area contributed by atoms with Crippen LogP contribution in [0.15, 0.2) is 66.2 Å². The Hall–Kier alpha value is -2.99. The number of hydrogen-bond donors (Lipinski definition) is 2. The second-order valence-corrected chi connectivity index (χ2v) is 5.97. The molecule has 0 radical (unpaired) electrons. The maximum atomic E-state index is 5.69. The van der Waals surface area contributed by atoms with Crippen molar-refractivity contribution in [2.24, 2.45) is 4.99 Å². The van der Waals surface area contributed by atoms with E-state index >= 15 is 0 Å². The van der Waals surface area contributed by atoms with E-state index in [1.165, 1.54) is 0 Å². The molecule has 0 amide bonds. The average Bonchev–Trinajstić information content (AvgIpc) is 2.74. The lowest BCUT2D eigenvalue weighted by molar-refractivity contribution is 0.146. The zero-order valence-electron chi connectivity index (χ0n) is 16.6. The van der Waals surface area contributed by atoms with Crippen LogP contribution in [0.1, 0.15) is 11.1 Å². The molecule has 6 heteroatoms. The van der Waals surface area contributed by atoms with Crippen molar-refractivity contribution in [3.8, 4) is 11.5 Å². The minimum atomic E-state index is 0.481. The summed E-state index contributed by atoms with van der Waals surface area (Å²) in [6.45, 7) is 6.56. The van der Waals surface area contributed by atoms with Crippen molar-refractivity contribution in [2.75, 3.05) is 34.0 Å². The largest absolute Gasteiger partial charge is 0.491 e. The minimum absolute atomic E-state index is 0.481. The van der Waals surface area contributed by atoms with Gasteiger partial charge in [-0.25, -0.2) is 0 Å². The van der Waals surface area contributed by atoms with Crippen molar-refractivity contribution in [3.63, 3.8) is 0 Å². The zero-order valence-corrected chi connectivity index (χ0v) is 16.6. The van der Waals surface area contributed by atoms with Crippen LogP contribution in [0.2, 0.25) is 0 Å². The summed E-state index contributed by atoms with van der Waals surface area (Å²) in [7, 11) is 3.41. The van der Waals surface area contributed by atoms with Gasteiger partial charge < -0.3 is 24.8 Å². The van der Waals surface area contributed by atoms with Gasteiger partial charge in [0.15, 0.2) is 5.96 Å². The topological polar surface area (TPSA) is 64.1 Å². The summed E-state index contributed by atoms with van der Waals surface area (Å²) < 4.78 is 16.2. The third-order valence-electron chi connectivity index (χ3n) is 3.94. The molecule has 0 bridgehead atoms. The van der Waals surface area contributed by atoms with Crippen molar-refractivity contribution < 1.29 is 14.2 Å². The van der Waals surface area contributed by atoms with E-state index in [1.54, 1.807) is 20.2 Å². The molecule has 0 fully saturated rings. The molecule has 0 spiro atoms. The smallest absolute Gasteiger partial charge is 0.191 e. The summed E-state index contributed by atoms with van der Waals surface area (Å²) >= 11 is 0. The zero-order chi connectivity index (χ0) is 20.0. The molecule has 0 atom stereocenters. The lowest BCUT2D eigenvalue weighted by atomic mass is 10.2. The van der Waals surface area contributed by atoms with Gasteiger partial charge in [-0.1, -0.05) is 43.0 Å². The summed E-state index contributed by atoms with van der Waals surface area (Å²) in [5.41, 5.74) is 2.20. The number of nitrogens with one attached hydrogen (secondary N) is 2. The summed E-state index contributed by atoms with van der Waals surface area (Å²) in [5, 5.41) is 6.62. The molecule has 6 nitrogen and oxygen atoms in total. The molecular weight excluding hydrogens is 354 g/mol. The number of nitrogens with zero attached hydrogens (tertiary/aromatic N) is 1. The van der Waals surface area contributed by atoms with E-state index in [-0.39, 0.29) is 0 Å². The highest BCUT2D eigenvalue weighted by Crippen LogP contribution is 2.17. The summed E-state index contributed by atoms with van der Waals surface area (Å²) in [4.78, 5) is 4.28. The Morgan fingerprint density at radius 1 is 1.00 bits per heavy atom. The molecule has 0 saturated carbocycles. The first-order valence-corrected chi connectivity index (χ1v) is 9.23. The number of methoxy groups -OCH3 is 1. The molecule has 0 unspecified atom stereocenters. The summed E-state index contributed by atoms with van der Waals surface area (Å²) in [6, 6.07) is 15.9. The van der Waals surface area contributed by atoms with Gasteiger partial charge in [0.05, 0.1) is 6.61 Å². The van der Waals surface area contributed by atoms with Gasteiger partial charge in [-0.15, -0.1) is 0 Å². The first-order chi connectivity index (χ1) is 13.8. The minimum Gasteiger partial charge on any atom is -0.491 e. The fourth-order valence-corrected chi connectivity index (χ4v) is 2.47. The van der Waals surface area contributed by atoms with Gasteiger partial charge >= 0.3 is 0 Å². The quantitative estimate of drug-likeness (QED) is 0.270. The number of hydrogen-bond acceptors (Lipinski definition) is 4. The number of guanidine groups is 1. The van der Waals surface area contributed by atoms with Gasteiger partial charge in [0, 0.05) is 32.8 Å². The molecule has 2 N–H and O–H groups in total. The van der Waals surface area contributed by atoms with Crippen LogP contribution < -0.4 is 20.1 Å². The number of benzene rings is 2. The number of aliphatic imine (C=N–C) groups is 1. The van der Waals surface area contributed by atoms with Gasteiger partial charge in [-0.05, 0) is 23.8 Å². The van der Waals surface area contributed by atoms with E-state index in [2.05, 4.69) is 22.2 Å². The van der Waals surface area contributed by atoms with Crippen LogP contribution in [0.4, 0.5) is 0 Å². The van der Waals surface area contributed by atoms with Gasteiger partial charge in [0.1, 0.15) is 24.7 Å². The molecular formula is C22H29N3O3. The van der Waals surface area contributed by atoms with Crippen molar-refractivity contribution in [2.45, 2.75) is 13.1 Å². The van der Waals surface area contributed by atoms with Crippen LogP contribution in [0.25, 0.3) is 0 Å². The lowest BCUT2D eigenvalue weighted by Gasteiger charge is -2.14. The molecule has 0 heterocycles. The van der Waals surface area contributed by atoms with E-state index < -0.39 is 0 Å². The van der Waals surface area contributed by atoms with Crippen molar-refractivity contribution >= 4 is 5.96 Å². The summed E-state index contributed by atoms with van der Waals surface area (Å²) in [5.74, 6) is 2.40. The molecule has 0 aliphatic rings. The number of rotatable bonds is 11. The Morgan fingerprint density at radius 3 is 2.46 bits per heavy atom. The Kier molecular flexibility index (Phi) is 9.44. The van der Waals surface area contributed by atoms with Crippen LogP contribution in [0.3, 0.4) is 0 Å². The van der Waals surface area contributed by atoms with Gasteiger partial charge in [0.25, 0.3) is 0 Å². The molecule has 0 aromatic heterocycles. The molecule has 2 rings (SSSR count). The standard InChI is InChI=1S/C22H29N3O3/c1-4-13-28-21-8-6-5-7-19(21)17-25-22(23-2)24-16-18-9-11-20(12-10-18)27-15-14-26-3/h4-12H,1,13-17H2,2-3H3,(H2,23,24,25). The van der Waals surface area contributed by atoms with Crippen molar-refractivity contribution in [3.05, 3.63) is 72.3 Å².